The van der Waals surface area contributed by atoms with Crippen LogP contribution in [0.3, 0.4) is 0 Å². The van der Waals surface area contributed by atoms with Crippen LogP contribution < -0.4 is 18.9 Å². The summed E-state index contributed by atoms with van der Waals surface area (Å²) in [7, 11) is 3.34. The number of aliphatic imine (C=N–C) groups is 2. The molecule has 238 valence electrons. The maximum absolute atomic E-state index is 5.98. The van der Waals surface area contributed by atoms with Gasteiger partial charge < -0.3 is 18.9 Å². The van der Waals surface area contributed by atoms with Gasteiger partial charge in [0.15, 0.2) is 23.0 Å². The molecule has 0 heterocycles. The van der Waals surface area contributed by atoms with Crippen LogP contribution in [0.2, 0.25) is 0 Å². The maximum Gasteiger partial charge on any atom is 0.161 e. The van der Waals surface area contributed by atoms with Gasteiger partial charge in [-0.15, -0.1) is 0 Å². The summed E-state index contributed by atoms with van der Waals surface area (Å²) in [6, 6.07) is 19.7. The Labute approximate surface area is 265 Å². The zero-order valence-electron chi connectivity index (χ0n) is 27.4. The largest absolute Gasteiger partial charge is 0.493 e. The molecule has 0 spiro atoms. The van der Waals surface area contributed by atoms with Crippen molar-refractivity contribution in [1.29, 1.82) is 0 Å². The summed E-state index contributed by atoms with van der Waals surface area (Å²) in [5, 5.41) is 0. The molecular formula is C38H52N2O4. The number of unbranched alkanes of at least 4 members (excludes halogenated alkanes) is 10. The molecule has 0 unspecified atom stereocenters. The highest BCUT2D eigenvalue weighted by atomic mass is 16.5. The van der Waals surface area contributed by atoms with Crippen LogP contribution in [0.4, 0.5) is 11.4 Å². The van der Waals surface area contributed by atoms with Crippen LogP contribution in [0.1, 0.15) is 102 Å². The van der Waals surface area contributed by atoms with Crippen molar-refractivity contribution in [2.24, 2.45) is 9.98 Å². The Kier molecular flexibility index (Phi) is 16.5. The van der Waals surface area contributed by atoms with E-state index in [-0.39, 0.29) is 0 Å². The first-order chi connectivity index (χ1) is 21.7. The van der Waals surface area contributed by atoms with Gasteiger partial charge in [0.25, 0.3) is 0 Å². The SMILES string of the molecule is CCCCCCCCOc1ccc(C=Nc2ccc(N=Cc3ccc(OCCCCCCCC)c(OC)c3)cc2)cc1OC. The number of hydrogen-bond donors (Lipinski definition) is 0. The lowest BCUT2D eigenvalue weighted by Crippen LogP contribution is -2.00. The van der Waals surface area contributed by atoms with Gasteiger partial charge in [0.2, 0.25) is 0 Å². The molecule has 6 heteroatoms. The summed E-state index contributed by atoms with van der Waals surface area (Å²) in [4.78, 5) is 9.26. The van der Waals surface area contributed by atoms with Crippen molar-refractivity contribution in [3.8, 4) is 23.0 Å². The predicted molar refractivity (Wildman–Crippen MR) is 185 cm³/mol. The lowest BCUT2D eigenvalue weighted by Gasteiger charge is -2.11. The Hall–Kier alpha value is -3.80. The first-order valence-corrected chi connectivity index (χ1v) is 16.5. The fourth-order valence-electron chi connectivity index (χ4n) is 4.82. The van der Waals surface area contributed by atoms with E-state index in [0.717, 1.165) is 58.3 Å². The molecule has 0 saturated heterocycles. The second-order valence-corrected chi connectivity index (χ2v) is 11.1. The number of methoxy groups -OCH3 is 2. The van der Waals surface area contributed by atoms with Gasteiger partial charge in [-0.1, -0.05) is 78.1 Å². The lowest BCUT2D eigenvalue weighted by atomic mass is 10.1. The molecule has 0 atom stereocenters. The summed E-state index contributed by atoms with van der Waals surface area (Å²) < 4.78 is 23.1. The average Bonchev–Trinajstić information content (AvgIpc) is 3.06. The monoisotopic (exact) mass is 600 g/mol. The minimum Gasteiger partial charge on any atom is -0.493 e. The molecule has 3 aromatic rings. The molecular weight excluding hydrogens is 548 g/mol. The molecule has 0 amide bonds. The minimum absolute atomic E-state index is 0.706. The van der Waals surface area contributed by atoms with Crippen LogP contribution in [0, 0.1) is 0 Å². The molecule has 3 aromatic carbocycles. The summed E-state index contributed by atoms with van der Waals surface area (Å²) in [6.07, 6.45) is 18.5. The average molecular weight is 601 g/mol. The highest BCUT2D eigenvalue weighted by Crippen LogP contribution is 2.29. The normalized spacial score (nSPS) is 11.4. The lowest BCUT2D eigenvalue weighted by molar-refractivity contribution is 0.284. The fourth-order valence-corrected chi connectivity index (χ4v) is 4.82. The highest BCUT2D eigenvalue weighted by Gasteiger charge is 2.07. The number of ether oxygens (including phenoxy) is 4. The zero-order chi connectivity index (χ0) is 31.2. The van der Waals surface area contributed by atoms with Crippen molar-refractivity contribution < 1.29 is 18.9 Å². The van der Waals surface area contributed by atoms with E-state index in [1.165, 1.54) is 64.2 Å². The van der Waals surface area contributed by atoms with E-state index >= 15 is 0 Å². The molecule has 0 bridgehead atoms. The van der Waals surface area contributed by atoms with Crippen LogP contribution in [0.5, 0.6) is 23.0 Å². The summed E-state index contributed by atoms with van der Waals surface area (Å²) in [6.45, 7) is 5.89. The van der Waals surface area contributed by atoms with Crippen molar-refractivity contribution in [3.05, 3.63) is 71.8 Å². The fraction of sp³-hybridized carbons (Fsp3) is 0.474. The Morgan fingerprint density at radius 3 is 1.25 bits per heavy atom. The predicted octanol–water partition coefficient (Wildman–Crippen LogP) is 10.7. The van der Waals surface area contributed by atoms with Crippen molar-refractivity contribution in [2.75, 3.05) is 27.4 Å². The molecule has 0 aromatic heterocycles. The summed E-state index contributed by atoms with van der Waals surface area (Å²) in [5.41, 5.74) is 3.59. The molecule has 44 heavy (non-hydrogen) atoms. The molecule has 0 N–H and O–H groups in total. The first-order valence-electron chi connectivity index (χ1n) is 16.5. The minimum atomic E-state index is 0.706. The Balaban J connectivity index is 1.49. The summed E-state index contributed by atoms with van der Waals surface area (Å²) >= 11 is 0. The van der Waals surface area contributed by atoms with Crippen LogP contribution in [0.15, 0.2) is 70.6 Å². The third-order valence-corrected chi connectivity index (χ3v) is 7.46. The topological polar surface area (TPSA) is 61.6 Å². The van der Waals surface area contributed by atoms with Gasteiger partial charge in [-0.2, -0.15) is 0 Å². The Morgan fingerprint density at radius 1 is 0.477 bits per heavy atom. The van der Waals surface area contributed by atoms with Crippen molar-refractivity contribution in [1.82, 2.24) is 0 Å². The molecule has 0 saturated carbocycles. The van der Waals surface area contributed by atoms with Crippen molar-refractivity contribution in [3.63, 3.8) is 0 Å². The van der Waals surface area contributed by atoms with E-state index in [9.17, 15) is 0 Å². The number of rotatable bonds is 22. The van der Waals surface area contributed by atoms with Crippen LogP contribution >= 0.6 is 0 Å². The van der Waals surface area contributed by atoms with E-state index in [4.69, 9.17) is 18.9 Å². The van der Waals surface area contributed by atoms with Gasteiger partial charge in [-0.25, -0.2) is 0 Å². The Morgan fingerprint density at radius 2 is 0.864 bits per heavy atom. The molecule has 0 aliphatic carbocycles. The number of hydrogen-bond acceptors (Lipinski definition) is 6. The molecule has 0 radical (unpaired) electrons. The van der Waals surface area contributed by atoms with Crippen LogP contribution in [0.25, 0.3) is 0 Å². The number of benzene rings is 3. The third kappa shape index (κ3) is 12.8. The molecule has 0 aliphatic heterocycles. The van der Waals surface area contributed by atoms with E-state index < -0.39 is 0 Å². The maximum atomic E-state index is 5.98. The van der Waals surface area contributed by atoms with E-state index in [1.807, 2.05) is 73.1 Å². The smallest absolute Gasteiger partial charge is 0.161 e. The van der Waals surface area contributed by atoms with Gasteiger partial charge in [0, 0.05) is 12.4 Å². The molecule has 0 aliphatic rings. The van der Waals surface area contributed by atoms with E-state index in [0.29, 0.717) is 13.2 Å². The standard InChI is InChI=1S/C38H52N2O4/c1-5-7-9-11-13-15-25-43-35-23-17-31(27-37(35)41-3)29-39-33-19-21-34(22-20-33)40-30-32-18-24-36(38(28-32)42-4)44-26-16-14-12-10-8-6-2/h17-24,27-30H,5-16,25-26H2,1-4H3. The van der Waals surface area contributed by atoms with Crippen LogP contribution in [-0.4, -0.2) is 39.9 Å². The van der Waals surface area contributed by atoms with Crippen molar-refractivity contribution >= 4 is 23.8 Å². The first kappa shape index (κ1) is 34.7. The zero-order valence-corrected chi connectivity index (χ0v) is 27.4. The van der Waals surface area contributed by atoms with Gasteiger partial charge in [0.1, 0.15) is 0 Å². The quantitative estimate of drug-likeness (QED) is 0.0850. The van der Waals surface area contributed by atoms with Crippen molar-refractivity contribution in [2.45, 2.75) is 90.9 Å². The third-order valence-electron chi connectivity index (χ3n) is 7.46. The Bertz CT molecular complexity index is 1170. The van der Waals surface area contributed by atoms with Gasteiger partial charge in [-0.05, 0) is 84.6 Å². The second-order valence-electron chi connectivity index (χ2n) is 11.1. The van der Waals surface area contributed by atoms with E-state index in [1.54, 1.807) is 14.2 Å². The van der Waals surface area contributed by atoms with Gasteiger partial charge in [0.05, 0.1) is 38.8 Å². The molecule has 3 rings (SSSR count). The molecule has 0 fully saturated rings. The molecule has 6 nitrogen and oxygen atoms in total. The van der Waals surface area contributed by atoms with Crippen LogP contribution in [-0.2, 0) is 0 Å². The van der Waals surface area contributed by atoms with E-state index in [2.05, 4.69) is 23.8 Å². The number of nitrogens with zero attached hydrogens (tertiary/aromatic N) is 2. The van der Waals surface area contributed by atoms with Gasteiger partial charge in [-0.3, -0.25) is 9.98 Å². The highest BCUT2D eigenvalue weighted by molar-refractivity contribution is 5.84. The second kappa shape index (κ2) is 21.0. The summed E-state index contributed by atoms with van der Waals surface area (Å²) in [5.74, 6) is 2.99. The van der Waals surface area contributed by atoms with Gasteiger partial charge >= 0.3 is 0 Å².